The third kappa shape index (κ3) is 3.37. The zero-order valence-electron chi connectivity index (χ0n) is 8.88. The van der Waals surface area contributed by atoms with Crippen LogP contribution in [0.15, 0.2) is 12.3 Å². The quantitative estimate of drug-likeness (QED) is 0.842. The van der Waals surface area contributed by atoms with Crippen molar-refractivity contribution in [1.29, 1.82) is 0 Å². The van der Waals surface area contributed by atoms with Gasteiger partial charge in [0.25, 0.3) is 0 Å². The highest BCUT2D eigenvalue weighted by Crippen LogP contribution is 2.29. The highest BCUT2D eigenvalue weighted by molar-refractivity contribution is 5.45. The number of rotatable bonds is 3. The molecular formula is C10H14F3N3. The molecule has 0 fully saturated rings. The molecule has 90 valence electrons. The Bertz CT molecular complexity index is 343. The van der Waals surface area contributed by atoms with Gasteiger partial charge in [0.05, 0.1) is 0 Å². The number of hydrogen-bond donors (Lipinski definition) is 2. The SMILES string of the molecule is Cc1ccnc(N)c1C(N)CCC(F)(F)F. The second kappa shape index (κ2) is 4.69. The van der Waals surface area contributed by atoms with Gasteiger partial charge in [0, 0.05) is 24.2 Å². The Morgan fingerprint density at radius 1 is 1.44 bits per heavy atom. The lowest BCUT2D eigenvalue weighted by Crippen LogP contribution is -2.18. The molecule has 1 heterocycles. The van der Waals surface area contributed by atoms with Crippen molar-refractivity contribution in [3.05, 3.63) is 23.4 Å². The molecule has 1 unspecified atom stereocenters. The van der Waals surface area contributed by atoms with Crippen LogP contribution in [0.3, 0.4) is 0 Å². The molecule has 1 aromatic rings. The van der Waals surface area contributed by atoms with Gasteiger partial charge in [-0.3, -0.25) is 0 Å². The smallest absolute Gasteiger partial charge is 0.383 e. The van der Waals surface area contributed by atoms with Crippen molar-refractivity contribution < 1.29 is 13.2 Å². The summed E-state index contributed by atoms with van der Waals surface area (Å²) in [7, 11) is 0. The average molecular weight is 233 g/mol. The molecule has 0 saturated carbocycles. The molecule has 4 N–H and O–H groups in total. The third-order valence-corrected chi connectivity index (χ3v) is 2.35. The minimum absolute atomic E-state index is 0.180. The average Bonchev–Trinajstić information content (AvgIpc) is 2.13. The molecule has 0 aliphatic carbocycles. The molecule has 1 atom stereocenters. The number of halogens is 3. The van der Waals surface area contributed by atoms with Crippen molar-refractivity contribution in [2.24, 2.45) is 5.73 Å². The molecule has 0 aliphatic heterocycles. The molecule has 0 spiro atoms. The fourth-order valence-electron chi connectivity index (χ4n) is 1.54. The molecule has 0 saturated heterocycles. The molecule has 3 nitrogen and oxygen atoms in total. The van der Waals surface area contributed by atoms with Crippen LogP contribution in [0.4, 0.5) is 19.0 Å². The van der Waals surface area contributed by atoms with Crippen LogP contribution in [-0.4, -0.2) is 11.2 Å². The number of aryl methyl sites for hydroxylation is 1. The maximum Gasteiger partial charge on any atom is 0.389 e. The lowest BCUT2D eigenvalue weighted by atomic mass is 9.99. The second-order valence-electron chi connectivity index (χ2n) is 3.69. The standard InChI is InChI=1S/C10H14F3N3/c1-6-3-5-16-9(15)8(6)7(14)2-4-10(11,12)13/h3,5,7H,2,4,14H2,1H3,(H2,15,16). The monoisotopic (exact) mass is 233 g/mol. The van der Waals surface area contributed by atoms with Gasteiger partial charge in [-0.15, -0.1) is 0 Å². The first-order valence-corrected chi connectivity index (χ1v) is 4.84. The van der Waals surface area contributed by atoms with Gasteiger partial charge in [-0.05, 0) is 25.0 Å². The number of alkyl halides is 3. The van der Waals surface area contributed by atoms with Crippen LogP contribution < -0.4 is 11.5 Å². The van der Waals surface area contributed by atoms with E-state index in [-0.39, 0.29) is 12.2 Å². The number of nitrogens with zero attached hydrogens (tertiary/aromatic N) is 1. The molecule has 0 aromatic carbocycles. The van der Waals surface area contributed by atoms with Crippen molar-refractivity contribution in [3.8, 4) is 0 Å². The zero-order chi connectivity index (χ0) is 12.3. The molecule has 0 aliphatic rings. The maximum absolute atomic E-state index is 12.0. The van der Waals surface area contributed by atoms with E-state index < -0.39 is 18.6 Å². The second-order valence-corrected chi connectivity index (χ2v) is 3.69. The molecule has 6 heteroatoms. The van der Waals surface area contributed by atoms with Gasteiger partial charge in [-0.2, -0.15) is 13.2 Å². The predicted molar refractivity (Wildman–Crippen MR) is 55.6 cm³/mol. The van der Waals surface area contributed by atoms with Crippen LogP contribution >= 0.6 is 0 Å². The first-order chi connectivity index (χ1) is 7.31. The number of nitrogens with two attached hydrogens (primary N) is 2. The first-order valence-electron chi connectivity index (χ1n) is 4.84. The highest BCUT2D eigenvalue weighted by Gasteiger charge is 2.28. The molecule has 0 radical (unpaired) electrons. The summed E-state index contributed by atoms with van der Waals surface area (Å²) in [5, 5.41) is 0. The Labute approximate surface area is 91.7 Å². The predicted octanol–water partition coefficient (Wildman–Crippen LogP) is 2.31. The van der Waals surface area contributed by atoms with E-state index in [2.05, 4.69) is 4.98 Å². The van der Waals surface area contributed by atoms with Gasteiger partial charge in [-0.25, -0.2) is 4.98 Å². The summed E-state index contributed by atoms with van der Waals surface area (Å²) in [6.45, 7) is 1.75. The normalized spacial score (nSPS) is 13.8. The van der Waals surface area contributed by atoms with Gasteiger partial charge in [0.2, 0.25) is 0 Å². The molecule has 16 heavy (non-hydrogen) atoms. The van der Waals surface area contributed by atoms with Crippen molar-refractivity contribution in [2.45, 2.75) is 32.0 Å². The van der Waals surface area contributed by atoms with E-state index in [0.29, 0.717) is 5.56 Å². The summed E-state index contributed by atoms with van der Waals surface area (Å²) in [4.78, 5) is 3.82. The zero-order valence-corrected chi connectivity index (χ0v) is 8.88. The van der Waals surface area contributed by atoms with E-state index in [1.54, 1.807) is 13.0 Å². The van der Waals surface area contributed by atoms with E-state index >= 15 is 0 Å². The summed E-state index contributed by atoms with van der Waals surface area (Å²) in [6.07, 6.45) is -3.78. The molecule has 1 rings (SSSR count). The minimum atomic E-state index is -4.19. The van der Waals surface area contributed by atoms with Gasteiger partial charge in [0.15, 0.2) is 0 Å². The van der Waals surface area contributed by atoms with E-state index in [9.17, 15) is 13.2 Å². The van der Waals surface area contributed by atoms with Gasteiger partial charge in [-0.1, -0.05) is 0 Å². The number of nitrogen functional groups attached to an aromatic ring is 1. The van der Waals surface area contributed by atoms with E-state index in [0.717, 1.165) is 5.56 Å². The first kappa shape index (κ1) is 12.8. The summed E-state index contributed by atoms with van der Waals surface area (Å²) in [5.41, 5.74) is 12.5. The Morgan fingerprint density at radius 3 is 2.56 bits per heavy atom. The Hall–Kier alpha value is -1.30. The summed E-state index contributed by atoms with van der Waals surface area (Å²) in [6, 6.07) is 0.953. The highest BCUT2D eigenvalue weighted by atomic mass is 19.4. The Morgan fingerprint density at radius 2 is 2.06 bits per heavy atom. The van der Waals surface area contributed by atoms with Gasteiger partial charge >= 0.3 is 6.18 Å². The summed E-state index contributed by atoms with van der Waals surface area (Å²) in [5.74, 6) is 0.203. The summed E-state index contributed by atoms with van der Waals surface area (Å²) < 4.78 is 36.1. The van der Waals surface area contributed by atoms with Crippen molar-refractivity contribution in [3.63, 3.8) is 0 Å². The van der Waals surface area contributed by atoms with Crippen LogP contribution in [0.2, 0.25) is 0 Å². The topological polar surface area (TPSA) is 64.9 Å². The fraction of sp³-hybridized carbons (Fsp3) is 0.500. The lowest BCUT2D eigenvalue weighted by molar-refractivity contribution is -0.136. The number of hydrogen-bond acceptors (Lipinski definition) is 3. The fourth-order valence-corrected chi connectivity index (χ4v) is 1.54. The van der Waals surface area contributed by atoms with E-state index in [1.807, 2.05) is 0 Å². The van der Waals surface area contributed by atoms with Crippen molar-refractivity contribution in [1.82, 2.24) is 4.98 Å². The van der Waals surface area contributed by atoms with Crippen LogP contribution in [0.5, 0.6) is 0 Å². The lowest BCUT2D eigenvalue weighted by Gasteiger charge is -2.17. The van der Waals surface area contributed by atoms with Crippen LogP contribution in [-0.2, 0) is 0 Å². The van der Waals surface area contributed by atoms with Crippen LogP contribution in [0.25, 0.3) is 0 Å². The molecular weight excluding hydrogens is 219 g/mol. The van der Waals surface area contributed by atoms with Gasteiger partial charge in [0.1, 0.15) is 5.82 Å². The van der Waals surface area contributed by atoms with Gasteiger partial charge < -0.3 is 11.5 Å². The van der Waals surface area contributed by atoms with E-state index in [1.165, 1.54) is 6.20 Å². The molecule has 0 amide bonds. The van der Waals surface area contributed by atoms with E-state index in [4.69, 9.17) is 11.5 Å². The van der Waals surface area contributed by atoms with Crippen LogP contribution in [0.1, 0.15) is 30.0 Å². The van der Waals surface area contributed by atoms with Crippen molar-refractivity contribution in [2.75, 3.05) is 5.73 Å². The minimum Gasteiger partial charge on any atom is -0.383 e. The Balaban J connectivity index is 2.77. The summed E-state index contributed by atoms with van der Waals surface area (Å²) >= 11 is 0. The Kier molecular flexibility index (Phi) is 3.74. The van der Waals surface area contributed by atoms with Crippen LogP contribution in [0, 0.1) is 6.92 Å². The molecule has 1 aromatic heterocycles. The largest absolute Gasteiger partial charge is 0.389 e. The number of pyridine rings is 1. The third-order valence-electron chi connectivity index (χ3n) is 2.35. The molecule has 0 bridgehead atoms. The van der Waals surface area contributed by atoms with Crippen molar-refractivity contribution >= 4 is 5.82 Å². The maximum atomic E-state index is 12.0. The number of aromatic nitrogens is 1. The number of anilines is 1.